The number of aryl methyl sites for hydroxylation is 2. The van der Waals surface area contributed by atoms with Crippen LogP contribution in [0.1, 0.15) is 44.5 Å². The average molecular weight is 492 g/mol. The molecule has 2 N–H and O–H groups in total. The summed E-state index contributed by atoms with van der Waals surface area (Å²) in [6.07, 6.45) is 0.921. The summed E-state index contributed by atoms with van der Waals surface area (Å²) in [5.74, 6) is 0.231. The molecule has 3 aromatic rings. The van der Waals surface area contributed by atoms with Crippen molar-refractivity contribution in [1.29, 1.82) is 0 Å². The van der Waals surface area contributed by atoms with E-state index in [1.54, 1.807) is 11.8 Å². The van der Waals surface area contributed by atoms with Crippen molar-refractivity contribution in [3.63, 3.8) is 0 Å². The summed E-state index contributed by atoms with van der Waals surface area (Å²) in [4.78, 5) is 27.5. The summed E-state index contributed by atoms with van der Waals surface area (Å²) in [7, 11) is 1.56. The van der Waals surface area contributed by atoms with E-state index in [1.807, 2.05) is 61.5 Å². The molecular weight excluding hydrogens is 454 g/mol. The Bertz CT molecular complexity index is 1180. The van der Waals surface area contributed by atoms with Crippen LogP contribution in [0.25, 0.3) is 5.69 Å². The van der Waals surface area contributed by atoms with Crippen molar-refractivity contribution in [3.8, 4) is 5.69 Å². The Morgan fingerprint density at radius 1 is 1.06 bits per heavy atom. The van der Waals surface area contributed by atoms with Crippen LogP contribution in [0, 0.1) is 6.92 Å². The van der Waals surface area contributed by atoms with Crippen molar-refractivity contribution in [2.75, 3.05) is 37.4 Å². The topological polar surface area (TPSA) is 88.5 Å². The highest BCUT2D eigenvalue weighted by Crippen LogP contribution is 2.26. The van der Waals surface area contributed by atoms with Gasteiger partial charge in [0.15, 0.2) is 0 Å². The van der Waals surface area contributed by atoms with Crippen LogP contribution in [0.2, 0.25) is 0 Å². The molecule has 2 aromatic carbocycles. The summed E-state index contributed by atoms with van der Waals surface area (Å²) in [5.41, 5.74) is 4.45. The lowest BCUT2D eigenvalue weighted by Crippen LogP contribution is -2.42. The molecule has 0 saturated heterocycles. The molecule has 36 heavy (non-hydrogen) atoms. The second kappa shape index (κ2) is 11.9. The molecule has 8 heteroatoms. The van der Waals surface area contributed by atoms with Crippen LogP contribution in [-0.4, -0.2) is 53.4 Å². The van der Waals surface area contributed by atoms with E-state index in [0.717, 1.165) is 23.4 Å². The maximum Gasteiger partial charge on any atom is 0.322 e. The zero-order valence-corrected chi connectivity index (χ0v) is 22.1. The van der Waals surface area contributed by atoms with Gasteiger partial charge in [0.2, 0.25) is 5.91 Å². The number of nitrogens with zero attached hydrogens (tertiary/aromatic N) is 3. The van der Waals surface area contributed by atoms with Gasteiger partial charge in [0, 0.05) is 30.8 Å². The maximum atomic E-state index is 13.1. The fraction of sp³-hybridized carbons (Fsp3) is 0.393. The Morgan fingerprint density at radius 2 is 1.78 bits per heavy atom. The second-order valence-electron chi connectivity index (χ2n) is 9.86. The first-order chi connectivity index (χ1) is 17.1. The van der Waals surface area contributed by atoms with Crippen LogP contribution in [0.5, 0.6) is 0 Å². The number of methoxy groups -OCH3 is 1. The largest absolute Gasteiger partial charge is 0.383 e. The number of hydrogen-bond donors (Lipinski definition) is 2. The first kappa shape index (κ1) is 26.9. The highest BCUT2D eigenvalue weighted by atomic mass is 16.5. The van der Waals surface area contributed by atoms with Gasteiger partial charge in [-0.1, -0.05) is 52.0 Å². The quantitative estimate of drug-likeness (QED) is 0.433. The number of carbonyl (C=O) groups is 2. The highest BCUT2D eigenvalue weighted by Gasteiger charge is 2.23. The smallest absolute Gasteiger partial charge is 0.322 e. The van der Waals surface area contributed by atoms with Gasteiger partial charge in [0.1, 0.15) is 12.4 Å². The molecule has 192 valence electrons. The van der Waals surface area contributed by atoms with Crippen molar-refractivity contribution in [3.05, 3.63) is 71.4 Å². The number of benzene rings is 2. The molecule has 3 amide bonds. The lowest BCUT2D eigenvalue weighted by atomic mass is 9.92. The molecular formula is C28H37N5O3. The molecule has 0 atom stereocenters. The average Bonchev–Trinajstić information content (AvgIpc) is 3.26. The number of anilines is 2. The van der Waals surface area contributed by atoms with Crippen LogP contribution in [0.4, 0.5) is 16.3 Å². The van der Waals surface area contributed by atoms with E-state index in [9.17, 15) is 9.59 Å². The Balaban J connectivity index is 1.79. The fourth-order valence-corrected chi connectivity index (χ4v) is 3.63. The summed E-state index contributed by atoms with van der Waals surface area (Å²) in [5, 5.41) is 10.6. The first-order valence-electron chi connectivity index (χ1n) is 12.2. The summed E-state index contributed by atoms with van der Waals surface area (Å²) in [6.45, 7) is 10.8. The minimum Gasteiger partial charge on any atom is -0.383 e. The van der Waals surface area contributed by atoms with Gasteiger partial charge in [-0.25, -0.2) is 9.48 Å². The summed E-state index contributed by atoms with van der Waals surface area (Å²) >= 11 is 0. The number of urea groups is 1. The van der Waals surface area contributed by atoms with Gasteiger partial charge in [0.05, 0.1) is 18.0 Å². The van der Waals surface area contributed by atoms with Gasteiger partial charge in [-0.2, -0.15) is 5.10 Å². The molecule has 0 bridgehead atoms. The monoisotopic (exact) mass is 491 g/mol. The molecule has 0 aliphatic rings. The van der Waals surface area contributed by atoms with E-state index in [4.69, 9.17) is 9.84 Å². The first-order valence-corrected chi connectivity index (χ1v) is 12.2. The minimum absolute atomic E-state index is 0.133. The van der Waals surface area contributed by atoms with Crippen LogP contribution in [0.3, 0.4) is 0 Å². The molecule has 8 nitrogen and oxygen atoms in total. The lowest BCUT2D eigenvalue weighted by Gasteiger charge is -2.22. The zero-order chi connectivity index (χ0) is 26.3. The third kappa shape index (κ3) is 7.18. The van der Waals surface area contributed by atoms with Gasteiger partial charge in [0.25, 0.3) is 0 Å². The van der Waals surface area contributed by atoms with Crippen LogP contribution >= 0.6 is 0 Å². The third-order valence-electron chi connectivity index (χ3n) is 5.79. The number of carbonyl (C=O) groups excluding carboxylic acids is 2. The number of ether oxygens (including phenoxy) is 1. The summed E-state index contributed by atoms with van der Waals surface area (Å²) < 4.78 is 6.90. The molecule has 1 aromatic heterocycles. The fourth-order valence-electron chi connectivity index (χ4n) is 3.63. The maximum absolute atomic E-state index is 13.1. The van der Waals surface area contributed by atoms with E-state index in [0.29, 0.717) is 18.1 Å². The minimum atomic E-state index is -0.367. The number of aromatic nitrogens is 2. The lowest BCUT2D eigenvalue weighted by molar-refractivity contribution is -0.116. The van der Waals surface area contributed by atoms with Crippen LogP contribution < -0.4 is 10.6 Å². The molecule has 0 aliphatic heterocycles. The number of amides is 3. The van der Waals surface area contributed by atoms with Gasteiger partial charge < -0.3 is 20.3 Å². The molecule has 0 spiro atoms. The van der Waals surface area contributed by atoms with Gasteiger partial charge in [-0.05, 0) is 48.7 Å². The Morgan fingerprint density at radius 3 is 2.39 bits per heavy atom. The van der Waals surface area contributed by atoms with Crippen LogP contribution in [0.15, 0.2) is 54.6 Å². The van der Waals surface area contributed by atoms with Crippen molar-refractivity contribution in [1.82, 2.24) is 14.7 Å². The third-order valence-corrected chi connectivity index (χ3v) is 5.79. The number of hydrogen-bond acceptors (Lipinski definition) is 4. The van der Waals surface area contributed by atoms with E-state index in [1.165, 1.54) is 10.5 Å². The molecule has 0 saturated carbocycles. The summed E-state index contributed by atoms with van der Waals surface area (Å²) in [6, 6.07) is 17.1. The number of nitrogens with one attached hydrogen (secondary N) is 2. The zero-order valence-electron chi connectivity index (χ0n) is 22.1. The Hall–Kier alpha value is -3.65. The Kier molecular flexibility index (Phi) is 8.88. The molecule has 0 fully saturated rings. The highest BCUT2D eigenvalue weighted by molar-refractivity contribution is 5.96. The van der Waals surface area contributed by atoms with E-state index in [-0.39, 0.29) is 30.4 Å². The molecule has 0 radical (unpaired) electrons. The second-order valence-corrected chi connectivity index (χ2v) is 9.86. The predicted molar refractivity (Wildman–Crippen MR) is 144 cm³/mol. The van der Waals surface area contributed by atoms with Crippen molar-refractivity contribution >= 4 is 23.4 Å². The van der Waals surface area contributed by atoms with Crippen LogP contribution in [-0.2, 0) is 21.4 Å². The molecule has 0 unspecified atom stereocenters. The van der Waals surface area contributed by atoms with E-state index >= 15 is 0 Å². The molecule has 0 aliphatic carbocycles. The van der Waals surface area contributed by atoms with Crippen molar-refractivity contribution in [2.45, 2.75) is 46.5 Å². The molecule has 3 rings (SSSR count). The van der Waals surface area contributed by atoms with Gasteiger partial charge in [-0.3, -0.25) is 4.79 Å². The van der Waals surface area contributed by atoms with Crippen molar-refractivity contribution in [2.24, 2.45) is 0 Å². The number of rotatable bonds is 9. The molecule has 1 heterocycles. The Labute approximate surface area is 213 Å². The predicted octanol–water partition coefficient (Wildman–Crippen LogP) is 5.16. The van der Waals surface area contributed by atoms with Gasteiger partial charge in [-0.15, -0.1) is 0 Å². The normalized spacial score (nSPS) is 11.3. The standard InChI is InChI=1S/C28H37N5O3/c1-7-21-11-13-22(14-12-21)29-27(35)32(15-16-36-6)19-26(34)30-25-18-24(28(3,4)5)31-33(25)23-10-8-9-20(2)17-23/h8-14,17-18H,7,15-16,19H2,1-6H3,(H,29,35)(H,30,34). The van der Waals surface area contributed by atoms with E-state index in [2.05, 4.69) is 38.3 Å². The van der Waals surface area contributed by atoms with Gasteiger partial charge >= 0.3 is 6.03 Å². The SMILES string of the molecule is CCc1ccc(NC(=O)N(CCOC)CC(=O)Nc2cc(C(C)(C)C)nn2-c2cccc(C)c2)cc1. The van der Waals surface area contributed by atoms with E-state index < -0.39 is 0 Å². The van der Waals surface area contributed by atoms with Crippen molar-refractivity contribution < 1.29 is 14.3 Å².